The number of halogens is 4. The summed E-state index contributed by atoms with van der Waals surface area (Å²) in [6.45, 7) is 0.0604. The largest absolute Gasteiger partial charge is 0.464 e. The Morgan fingerprint density at radius 1 is 0.667 bits per heavy atom. The molecule has 0 saturated carbocycles. The average molecular weight is 446 g/mol. The first-order valence-corrected chi connectivity index (χ1v) is 9.95. The van der Waals surface area contributed by atoms with E-state index in [0.29, 0.717) is 25.7 Å². The summed E-state index contributed by atoms with van der Waals surface area (Å²) in [5.74, 6) is -2.35. The summed E-state index contributed by atoms with van der Waals surface area (Å²) in [6, 6.07) is 0. The van der Waals surface area contributed by atoms with E-state index in [2.05, 4.69) is 0 Å². The molecule has 0 aliphatic heterocycles. The minimum absolute atomic E-state index is 0.0940. The highest BCUT2D eigenvalue weighted by atomic mass is 19.3. The van der Waals surface area contributed by atoms with Crippen molar-refractivity contribution >= 4 is 11.9 Å². The van der Waals surface area contributed by atoms with E-state index in [4.69, 9.17) is 32.4 Å². The van der Waals surface area contributed by atoms with Crippen LogP contribution in [0.2, 0.25) is 0 Å². The fraction of sp³-hybridized carbons (Fsp3) is 0.889. The van der Waals surface area contributed by atoms with Crippen LogP contribution in [0.4, 0.5) is 17.6 Å². The number of rotatable bonds is 17. The highest BCUT2D eigenvalue weighted by Crippen LogP contribution is 2.22. The van der Waals surface area contributed by atoms with Gasteiger partial charge >= 0.3 is 11.9 Å². The second-order valence-corrected chi connectivity index (χ2v) is 7.15. The lowest BCUT2D eigenvalue weighted by atomic mass is 9.95. The van der Waals surface area contributed by atoms with Crippen molar-refractivity contribution in [1.29, 1.82) is 0 Å². The normalized spacial score (nSPS) is 15.7. The Bertz CT molecular complexity index is 473. The third-order valence-corrected chi connectivity index (χ3v) is 4.63. The summed E-state index contributed by atoms with van der Waals surface area (Å²) >= 11 is 0. The van der Waals surface area contributed by atoms with Gasteiger partial charge in [-0.05, 0) is 64.5 Å². The van der Waals surface area contributed by atoms with Gasteiger partial charge in [0.15, 0.2) is 11.1 Å². The third-order valence-electron chi connectivity index (χ3n) is 4.63. The highest BCUT2D eigenvalue weighted by Gasteiger charge is 2.45. The predicted octanol–water partition coefficient (Wildman–Crippen LogP) is 1.04. The van der Waals surface area contributed by atoms with E-state index in [-0.39, 0.29) is 52.0 Å². The lowest BCUT2D eigenvalue weighted by Crippen LogP contribution is -2.55. The van der Waals surface area contributed by atoms with Gasteiger partial charge in [0.25, 0.3) is 12.9 Å². The first kappa shape index (κ1) is 28.5. The van der Waals surface area contributed by atoms with Crippen molar-refractivity contribution in [2.45, 2.75) is 75.3 Å². The summed E-state index contributed by atoms with van der Waals surface area (Å²) in [6.07, 6.45) is -4.54. The molecule has 178 valence electrons. The zero-order chi connectivity index (χ0) is 23.2. The molecule has 0 amide bonds. The molecule has 0 aromatic carbocycles. The van der Waals surface area contributed by atoms with E-state index in [9.17, 15) is 27.2 Å². The lowest BCUT2D eigenvalue weighted by molar-refractivity contribution is -0.158. The van der Waals surface area contributed by atoms with Crippen LogP contribution in [-0.4, -0.2) is 62.2 Å². The van der Waals surface area contributed by atoms with Crippen molar-refractivity contribution in [3.8, 4) is 0 Å². The molecular formula is C18H34F4N4O4. The molecule has 2 unspecified atom stereocenters. The van der Waals surface area contributed by atoms with Gasteiger partial charge in [-0.25, -0.2) is 27.2 Å². The second kappa shape index (κ2) is 14.5. The van der Waals surface area contributed by atoms with Crippen molar-refractivity contribution in [3.05, 3.63) is 0 Å². The first-order valence-electron chi connectivity index (χ1n) is 9.95. The Morgan fingerprint density at radius 2 is 1.00 bits per heavy atom. The van der Waals surface area contributed by atoms with Gasteiger partial charge in [0.05, 0.1) is 13.2 Å². The van der Waals surface area contributed by atoms with Crippen LogP contribution in [0, 0.1) is 0 Å². The quantitative estimate of drug-likeness (QED) is 0.147. The Kier molecular flexibility index (Phi) is 13.8. The fourth-order valence-electron chi connectivity index (χ4n) is 2.55. The molecule has 0 fully saturated rings. The summed E-state index contributed by atoms with van der Waals surface area (Å²) in [5, 5.41) is 0. The van der Waals surface area contributed by atoms with Gasteiger partial charge in [0, 0.05) is 0 Å². The maximum Gasteiger partial charge on any atom is 0.332 e. The lowest BCUT2D eigenvalue weighted by Gasteiger charge is -2.26. The third kappa shape index (κ3) is 9.11. The Labute approximate surface area is 174 Å². The van der Waals surface area contributed by atoms with Gasteiger partial charge < -0.3 is 32.4 Å². The maximum atomic E-state index is 13.1. The molecule has 0 spiro atoms. The molecule has 0 aromatic heterocycles. The van der Waals surface area contributed by atoms with Crippen LogP contribution < -0.4 is 22.9 Å². The molecule has 0 saturated heterocycles. The van der Waals surface area contributed by atoms with Gasteiger partial charge in [0.2, 0.25) is 0 Å². The molecule has 0 aliphatic rings. The molecule has 8 nitrogen and oxygen atoms in total. The minimum Gasteiger partial charge on any atom is -0.464 e. The van der Waals surface area contributed by atoms with E-state index in [1.165, 1.54) is 0 Å². The summed E-state index contributed by atoms with van der Waals surface area (Å²) in [4.78, 5) is 23.7. The predicted molar refractivity (Wildman–Crippen MR) is 103 cm³/mol. The zero-order valence-electron chi connectivity index (χ0n) is 17.1. The molecule has 12 heteroatoms. The van der Waals surface area contributed by atoms with Gasteiger partial charge in [0.1, 0.15) is 0 Å². The van der Waals surface area contributed by atoms with Crippen molar-refractivity contribution in [1.82, 2.24) is 0 Å². The highest BCUT2D eigenvalue weighted by molar-refractivity contribution is 5.81. The smallest absolute Gasteiger partial charge is 0.332 e. The number of alkyl halides is 4. The minimum atomic E-state index is -3.07. The van der Waals surface area contributed by atoms with Crippen LogP contribution in [0.15, 0.2) is 0 Å². The SMILES string of the molecule is NCCCC(N)(C(=O)OCCCCCCOC(=O)C(N)(CCCN)C(F)F)C(F)F. The molecule has 0 heterocycles. The van der Waals surface area contributed by atoms with Gasteiger partial charge in [-0.1, -0.05) is 0 Å². The standard InChI is InChI=1S/C18H34F4N4O4/c19-13(20)17(25,7-5-9-23)15(27)29-11-3-1-2-4-12-30-16(28)18(26,14(21)22)8-6-10-24/h13-14H,1-12,23-26H2. The molecule has 0 aromatic rings. The summed E-state index contributed by atoms with van der Waals surface area (Å²) in [5.41, 5.74) is 16.7. The van der Waals surface area contributed by atoms with Crippen LogP contribution in [-0.2, 0) is 19.1 Å². The summed E-state index contributed by atoms with van der Waals surface area (Å²) in [7, 11) is 0. The molecule has 0 radical (unpaired) electrons. The zero-order valence-corrected chi connectivity index (χ0v) is 17.1. The number of carbonyl (C=O) groups excluding carboxylic acids is 2. The number of esters is 2. The number of hydrogen-bond acceptors (Lipinski definition) is 8. The Morgan fingerprint density at radius 3 is 1.27 bits per heavy atom. The second-order valence-electron chi connectivity index (χ2n) is 7.15. The summed E-state index contributed by atoms with van der Waals surface area (Å²) < 4.78 is 62.0. The number of ether oxygens (including phenoxy) is 2. The number of carbonyl (C=O) groups is 2. The molecule has 0 aliphatic carbocycles. The molecule has 8 N–H and O–H groups in total. The fourth-order valence-corrected chi connectivity index (χ4v) is 2.55. The van der Waals surface area contributed by atoms with Crippen LogP contribution >= 0.6 is 0 Å². The van der Waals surface area contributed by atoms with Crippen molar-refractivity contribution in [2.75, 3.05) is 26.3 Å². The molecule has 0 bridgehead atoms. The topological polar surface area (TPSA) is 157 Å². The maximum absolute atomic E-state index is 13.1. The van der Waals surface area contributed by atoms with Crippen LogP contribution in [0.3, 0.4) is 0 Å². The van der Waals surface area contributed by atoms with Crippen LogP contribution in [0.1, 0.15) is 51.4 Å². The number of hydrogen-bond donors (Lipinski definition) is 4. The number of unbranched alkanes of at least 4 members (excludes halogenated alkanes) is 3. The van der Waals surface area contributed by atoms with Crippen molar-refractivity contribution in [3.63, 3.8) is 0 Å². The molecular weight excluding hydrogens is 412 g/mol. The molecule has 30 heavy (non-hydrogen) atoms. The Balaban J connectivity index is 4.12. The van der Waals surface area contributed by atoms with E-state index >= 15 is 0 Å². The van der Waals surface area contributed by atoms with E-state index in [0.717, 1.165) is 0 Å². The van der Waals surface area contributed by atoms with E-state index < -0.39 is 35.9 Å². The van der Waals surface area contributed by atoms with Crippen LogP contribution in [0.25, 0.3) is 0 Å². The van der Waals surface area contributed by atoms with Crippen molar-refractivity contribution < 1.29 is 36.6 Å². The van der Waals surface area contributed by atoms with Gasteiger partial charge in [-0.15, -0.1) is 0 Å². The average Bonchev–Trinajstić information content (AvgIpc) is 2.71. The van der Waals surface area contributed by atoms with Crippen LogP contribution in [0.5, 0.6) is 0 Å². The first-order chi connectivity index (χ1) is 14.1. The molecule has 0 rings (SSSR count). The van der Waals surface area contributed by atoms with E-state index in [1.54, 1.807) is 0 Å². The van der Waals surface area contributed by atoms with Gasteiger partial charge in [-0.2, -0.15) is 0 Å². The van der Waals surface area contributed by atoms with Gasteiger partial charge in [-0.3, -0.25) is 0 Å². The van der Waals surface area contributed by atoms with Crippen molar-refractivity contribution in [2.24, 2.45) is 22.9 Å². The monoisotopic (exact) mass is 446 g/mol. The number of nitrogens with two attached hydrogens (primary N) is 4. The molecule has 2 atom stereocenters. The van der Waals surface area contributed by atoms with E-state index in [1.807, 2.05) is 0 Å². The Hall–Kier alpha value is -1.50.